The Balaban J connectivity index is 0.000000158. The summed E-state index contributed by atoms with van der Waals surface area (Å²) in [6, 6.07) is 138. The number of rotatable bonds is 20. The van der Waals surface area contributed by atoms with Gasteiger partial charge in [0.25, 0.3) is 0 Å². The molecule has 2 aliphatic carbocycles. The van der Waals surface area contributed by atoms with Gasteiger partial charge in [-0.15, -0.1) is 11.6 Å². The van der Waals surface area contributed by atoms with Crippen LogP contribution in [0.2, 0.25) is 0 Å². The van der Waals surface area contributed by atoms with Gasteiger partial charge in [0, 0.05) is 79.5 Å². The van der Waals surface area contributed by atoms with Crippen molar-refractivity contribution >= 4 is 79.8 Å². The van der Waals surface area contributed by atoms with Crippen LogP contribution in [0.4, 0.5) is 68.2 Å². The lowest BCUT2D eigenvalue weighted by molar-refractivity contribution is 0.414. The fraction of sp³-hybridized carbons (Fsp3) is 0.0816. The summed E-state index contributed by atoms with van der Waals surface area (Å²) < 4.78 is 16.2. The minimum absolute atomic E-state index is 0.446. The van der Waals surface area contributed by atoms with Crippen molar-refractivity contribution in [1.82, 2.24) is 0 Å². The monoisotopic (exact) mass is 1400 g/mol. The van der Waals surface area contributed by atoms with Crippen LogP contribution in [-0.2, 0) is 30.6 Å². The number of alkyl halides is 1. The first-order chi connectivity index (χ1) is 52.3. The molecule has 518 valence electrons. The van der Waals surface area contributed by atoms with E-state index >= 15 is 0 Å². The summed E-state index contributed by atoms with van der Waals surface area (Å²) in [5.41, 5.74) is 27.3. The van der Waals surface area contributed by atoms with Crippen molar-refractivity contribution in [2.24, 2.45) is 0 Å². The summed E-state index contributed by atoms with van der Waals surface area (Å²) in [7, 11) is 5.10. The van der Waals surface area contributed by atoms with E-state index in [0.717, 1.165) is 98.9 Å². The third kappa shape index (κ3) is 14.9. The second-order valence-corrected chi connectivity index (χ2v) is 26.7. The number of anilines is 12. The van der Waals surface area contributed by atoms with Crippen LogP contribution >= 0.6 is 11.6 Å². The van der Waals surface area contributed by atoms with Gasteiger partial charge in [-0.25, -0.2) is 0 Å². The fourth-order valence-corrected chi connectivity index (χ4v) is 15.1. The number of ether oxygens (including phenoxy) is 3. The van der Waals surface area contributed by atoms with Gasteiger partial charge in [-0.1, -0.05) is 206 Å². The standard InChI is InChI=1S/C53H44N2O2.C37H28N2.C8H9ClO/c1-56-47-29-23-39(24-30-47)37-53(38-40-25-31-48(57-2)32-26-40)51-35-45(54(41-15-7-3-8-16-41)42-17-9-4-10-18-42)27-33-49(51)50-34-28-46(36-52(50)53)55(43-19-11-5-12-20-43)44-21-13-6-14-22-44;1-5-13-30(14-6-1)38(31-15-7-2-8-16-31)34-21-23-36-28(26-34)25-29-27-35(22-24-37(29)36)39(32-17-9-3-10-18-32)33-19-11-4-12-20-33;1-10-8-4-2-7(6-9)3-5-8/h3-36H,37-38H2,1-2H3;1-24,26-27H,25H2;2-5H,6H2,1H3. The predicted molar refractivity (Wildman–Crippen MR) is 442 cm³/mol. The maximum absolute atomic E-state index is 5.62. The highest BCUT2D eigenvalue weighted by atomic mass is 35.5. The number of para-hydroxylation sites is 8. The van der Waals surface area contributed by atoms with Crippen molar-refractivity contribution in [2.45, 2.75) is 30.6 Å². The van der Waals surface area contributed by atoms with Gasteiger partial charge in [0.05, 0.1) is 21.3 Å². The van der Waals surface area contributed by atoms with Crippen LogP contribution in [0.1, 0.15) is 38.9 Å². The minimum Gasteiger partial charge on any atom is -0.497 e. The molecular weight excluding hydrogens is 1320 g/mol. The molecule has 0 amide bonds. The van der Waals surface area contributed by atoms with E-state index in [4.69, 9.17) is 25.8 Å². The lowest BCUT2D eigenvalue weighted by Gasteiger charge is -2.35. The molecule has 2 aliphatic rings. The highest BCUT2D eigenvalue weighted by Crippen LogP contribution is 2.56. The number of fused-ring (bicyclic) bond motifs is 6. The lowest BCUT2D eigenvalue weighted by atomic mass is 9.69. The van der Waals surface area contributed by atoms with Crippen molar-refractivity contribution in [1.29, 1.82) is 0 Å². The first-order valence-corrected chi connectivity index (χ1v) is 36.5. The van der Waals surface area contributed by atoms with Gasteiger partial charge in [-0.3, -0.25) is 0 Å². The summed E-state index contributed by atoms with van der Waals surface area (Å²) in [5.74, 6) is 3.13. The average molecular weight is 1400 g/mol. The van der Waals surface area contributed by atoms with Crippen molar-refractivity contribution in [3.63, 3.8) is 0 Å². The largest absolute Gasteiger partial charge is 0.497 e. The molecule has 0 unspecified atom stereocenters. The molecule has 0 saturated carbocycles. The van der Waals surface area contributed by atoms with Gasteiger partial charge in [0.1, 0.15) is 17.2 Å². The summed E-state index contributed by atoms with van der Waals surface area (Å²) in [5, 5.41) is 0. The molecule has 0 radical (unpaired) electrons. The normalized spacial score (nSPS) is 11.7. The molecule has 106 heavy (non-hydrogen) atoms. The summed E-state index contributed by atoms with van der Waals surface area (Å²) in [6.45, 7) is 0. The van der Waals surface area contributed by atoms with Crippen LogP contribution < -0.4 is 33.8 Å². The van der Waals surface area contributed by atoms with Gasteiger partial charge in [-0.2, -0.15) is 0 Å². The Labute approximate surface area is 628 Å². The quantitative estimate of drug-likeness (QED) is 0.0704. The zero-order valence-electron chi connectivity index (χ0n) is 59.7. The molecule has 0 N–H and O–H groups in total. The molecule has 8 heteroatoms. The van der Waals surface area contributed by atoms with E-state index in [1.807, 2.05) is 24.3 Å². The molecule has 0 atom stereocenters. The number of hydrogen-bond acceptors (Lipinski definition) is 7. The third-order valence-corrected chi connectivity index (χ3v) is 20.3. The van der Waals surface area contributed by atoms with Gasteiger partial charge in [0.15, 0.2) is 0 Å². The van der Waals surface area contributed by atoms with Crippen molar-refractivity contribution in [3.05, 3.63) is 427 Å². The highest BCUT2D eigenvalue weighted by Gasteiger charge is 2.45. The van der Waals surface area contributed by atoms with Crippen molar-refractivity contribution < 1.29 is 14.2 Å². The first-order valence-electron chi connectivity index (χ1n) is 36.0. The summed E-state index contributed by atoms with van der Waals surface area (Å²) in [4.78, 5) is 9.40. The van der Waals surface area contributed by atoms with Crippen LogP contribution in [0.25, 0.3) is 22.3 Å². The van der Waals surface area contributed by atoms with Gasteiger partial charge in [-0.05, 0) is 262 Å². The van der Waals surface area contributed by atoms with E-state index in [0.29, 0.717) is 5.88 Å². The number of halogens is 1. The van der Waals surface area contributed by atoms with Crippen molar-refractivity contribution in [3.8, 4) is 39.5 Å². The lowest BCUT2D eigenvalue weighted by Crippen LogP contribution is -2.31. The average Bonchev–Trinajstić information content (AvgIpc) is 1.55. The molecule has 0 fully saturated rings. The smallest absolute Gasteiger partial charge is 0.118 e. The molecule has 0 saturated heterocycles. The molecule has 15 aromatic rings. The second-order valence-electron chi connectivity index (χ2n) is 26.5. The zero-order valence-corrected chi connectivity index (χ0v) is 60.4. The maximum Gasteiger partial charge on any atom is 0.118 e. The Kier molecular flexibility index (Phi) is 21.0. The van der Waals surface area contributed by atoms with Gasteiger partial charge >= 0.3 is 0 Å². The Bertz CT molecular complexity index is 4860. The van der Waals surface area contributed by atoms with E-state index in [1.165, 1.54) is 67.0 Å². The molecule has 0 heterocycles. The van der Waals surface area contributed by atoms with Crippen LogP contribution in [0.3, 0.4) is 0 Å². The molecular formula is C98H81ClN4O3. The topological polar surface area (TPSA) is 40.7 Å². The van der Waals surface area contributed by atoms with Crippen LogP contribution in [0, 0.1) is 0 Å². The number of benzene rings is 15. The van der Waals surface area contributed by atoms with E-state index < -0.39 is 5.41 Å². The fourth-order valence-electron chi connectivity index (χ4n) is 15.0. The predicted octanol–water partition coefficient (Wildman–Crippen LogP) is 26.0. The Morgan fingerprint density at radius 1 is 0.245 bits per heavy atom. The maximum atomic E-state index is 5.62. The number of hydrogen-bond donors (Lipinski definition) is 0. The Hall–Kier alpha value is -12.8. The molecule has 7 nitrogen and oxygen atoms in total. The molecule has 0 bridgehead atoms. The van der Waals surface area contributed by atoms with Crippen LogP contribution in [-0.4, -0.2) is 21.3 Å². The molecule has 15 aromatic carbocycles. The zero-order chi connectivity index (χ0) is 72.0. The number of nitrogens with zero attached hydrogens (tertiary/aromatic N) is 4. The Morgan fingerprint density at radius 2 is 0.472 bits per heavy atom. The first kappa shape index (κ1) is 68.9. The van der Waals surface area contributed by atoms with E-state index in [1.54, 1.807) is 21.3 Å². The van der Waals surface area contributed by atoms with Crippen LogP contribution in [0.5, 0.6) is 17.2 Å². The van der Waals surface area contributed by atoms with Crippen LogP contribution in [0.15, 0.2) is 388 Å². The molecule has 0 aromatic heterocycles. The molecule has 17 rings (SSSR count). The highest BCUT2D eigenvalue weighted by molar-refractivity contribution is 6.17. The van der Waals surface area contributed by atoms with Crippen molar-refractivity contribution in [2.75, 3.05) is 40.9 Å². The minimum atomic E-state index is -0.446. The van der Waals surface area contributed by atoms with E-state index in [2.05, 4.69) is 384 Å². The summed E-state index contributed by atoms with van der Waals surface area (Å²) in [6.07, 6.45) is 2.48. The molecule has 0 aliphatic heterocycles. The van der Waals surface area contributed by atoms with E-state index in [9.17, 15) is 0 Å². The molecule has 0 spiro atoms. The second kappa shape index (κ2) is 32.2. The Morgan fingerprint density at radius 3 is 0.708 bits per heavy atom. The van der Waals surface area contributed by atoms with Gasteiger partial charge < -0.3 is 33.8 Å². The third-order valence-electron chi connectivity index (χ3n) is 20.0. The van der Waals surface area contributed by atoms with Gasteiger partial charge in [0.2, 0.25) is 0 Å². The summed E-state index contributed by atoms with van der Waals surface area (Å²) >= 11 is 5.58. The van der Waals surface area contributed by atoms with E-state index in [-0.39, 0.29) is 0 Å². The number of methoxy groups -OCH3 is 3. The SMILES string of the molecule is COc1ccc(CC2(Cc3ccc(OC)cc3)c3cc(N(c4ccccc4)c4ccccc4)ccc3-c3ccc(N(c4ccccc4)c4ccccc4)cc32)cc1.COc1ccc(CCl)cc1.c1ccc(N(c2ccccc2)c2ccc3c(c2)Cc2cc(N(c4ccccc4)c4ccccc4)ccc2-3)cc1.